The second kappa shape index (κ2) is 6.11. The van der Waals surface area contributed by atoms with Gasteiger partial charge in [0.2, 0.25) is 0 Å². The molecule has 2 heterocycles. The lowest BCUT2D eigenvalue weighted by Gasteiger charge is -2.22. The lowest BCUT2D eigenvalue weighted by molar-refractivity contribution is -0.205. The molecule has 0 saturated carbocycles. The van der Waals surface area contributed by atoms with Gasteiger partial charge in [-0.2, -0.15) is 0 Å². The summed E-state index contributed by atoms with van der Waals surface area (Å²) < 4.78 is 46.8. The molecule has 0 aliphatic carbocycles. The van der Waals surface area contributed by atoms with Gasteiger partial charge in [-0.1, -0.05) is 12.2 Å². The van der Waals surface area contributed by atoms with Gasteiger partial charge in [-0.3, -0.25) is 14.1 Å². The smallest absolute Gasteiger partial charge is 0.385 e. The maximum atomic E-state index is 14.4. The van der Waals surface area contributed by atoms with Gasteiger partial charge < -0.3 is 24.7 Å². The first-order chi connectivity index (χ1) is 10.4. The number of rotatable bonds is 4. The van der Waals surface area contributed by atoms with E-state index in [0.29, 0.717) is 10.8 Å². The summed E-state index contributed by atoms with van der Waals surface area (Å²) in [6, 6.07) is 0. The zero-order valence-corrected chi connectivity index (χ0v) is 12.7. The maximum absolute atomic E-state index is 14.4. The molecule has 1 aromatic heterocycles. The van der Waals surface area contributed by atoms with Gasteiger partial charge in [0.15, 0.2) is 12.0 Å². The summed E-state index contributed by atoms with van der Waals surface area (Å²) in [5.74, 6) is -4.32. The number of phosphoric acid groups is 1. The second-order valence-electron chi connectivity index (χ2n) is 4.64. The van der Waals surface area contributed by atoms with Crippen molar-refractivity contribution in [2.75, 3.05) is 6.61 Å². The summed E-state index contributed by atoms with van der Waals surface area (Å²) in [6.45, 7) is -1.44. The standard InChI is InChI=1S/C9H11F2N2O8PS/c10-3-1-13(8(16)12-6(3)23)7-4(14)5(15)9(11,21-7)2-20-22(17,18)19/h1,4-5,7,14-15H,2H2,(H,12,16,23)(H2,17,18,19)/t4-,5+,7-,9-/m1/s1. The zero-order chi connectivity index (χ0) is 17.6. The van der Waals surface area contributed by atoms with Crippen molar-refractivity contribution >= 4 is 20.0 Å². The van der Waals surface area contributed by atoms with Crippen molar-refractivity contribution in [2.45, 2.75) is 24.3 Å². The number of alkyl halides is 1. The van der Waals surface area contributed by atoms with E-state index >= 15 is 0 Å². The number of phosphoric ester groups is 1. The molecule has 2 rings (SSSR count). The maximum Gasteiger partial charge on any atom is 0.469 e. The number of aliphatic hydroxyl groups is 2. The number of aromatic nitrogens is 2. The molecule has 0 aromatic carbocycles. The number of halogens is 2. The van der Waals surface area contributed by atoms with Crippen molar-refractivity contribution in [1.29, 1.82) is 0 Å². The highest BCUT2D eigenvalue weighted by molar-refractivity contribution is 7.71. The van der Waals surface area contributed by atoms with E-state index < -0.39 is 54.9 Å². The highest BCUT2D eigenvalue weighted by Crippen LogP contribution is 2.43. The summed E-state index contributed by atoms with van der Waals surface area (Å²) >= 11 is 4.48. The summed E-state index contributed by atoms with van der Waals surface area (Å²) in [4.78, 5) is 30.7. The average Bonchev–Trinajstić information content (AvgIpc) is 2.65. The van der Waals surface area contributed by atoms with Crippen LogP contribution in [-0.4, -0.2) is 54.2 Å². The Morgan fingerprint density at radius 2 is 2.13 bits per heavy atom. The molecule has 1 aliphatic heterocycles. The second-order valence-corrected chi connectivity index (χ2v) is 6.29. The van der Waals surface area contributed by atoms with Crippen molar-refractivity contribution in [3.63, 3.8) is 0 Å². The van der Waals surface area contributed by atoms with E-state index in [1.807, 2.05) is 4.98 Å². The molecule has 0 amide bonds. The van der Waals surface area contributed by atoms with Crippen LogP contribution in [0.25, 0.3) is 0 Å². The Hall–Kier alpha value is -1.05. The van der Waals surface area contributed by atoms with Crippen LogP contribution in [0.1, 0.15) is 6.23 Å². The Morgan fingerprint density at radius 1 is 1.52 bits per heavy atom. The predicted molar refractivity (Wildman–Crippen MR) is 69.8 cm³/mol. The molecular weight excluding hydrogens is 365 g/mol. The highest BCUT2D eigenvalue weighted by Gasteiger charge is 2.57. The minimum absolute atomic E-state index is 0.401. The van der Waals surface area contributed by atoms with Gasteiger partial charge in [-0.05, 0) is 0 Å². The molecule has 10 nitrogen and oxygen atoms in total. The predicted octanol–water partition coefficient (Wildman–Crippen LogP) is -0.929. The molecular formula is C9H11F2N2O8PS. The van der Waals surface area contributed by atoms with Crippen molar-refractivity contribution < 1.29 is 42.6 Å². The Bertz CT molecular complexity index is 765. The minimum Gasteiger partial charge on any atom is -0.385 e. The fraction of sp³-hybridized carbons (Fsp3) is 0.556. The lowest BCUT2D eigenvalue weighted by Crippen LogP contribution is -2.42. The van der Waals surface area contributed by atoms with Gasteiger partial charge in [-0.25, -0.2) is 18.1 Å². The number of aromatic amines is 1. The Balaban J connectivity index is 2.33. The molecule has 1 saturated heterocycles. The van der Waals surface area contributed by atoms with Crippen LogP contribution in [0, 0.1) is 10.5 Å². The van der Waals surface area contributed by atoms with Crippen LogP contribution < -0.4 is 5.69 Å². The summed E-state index contributed by atoms with van der Waals surface area (Å²) in [7, 11) is -5.08. The van der Waals surface area contributed by atoms with Crippen LogP contribution in [-0.2, 0) is 13.8 Å². The number of hydrogen-bond acceptors (Lipinski definition) is 7. The molecule has 0 unspecified atom stereocenters. The first-order valence-electron chi connectivity index (χ1n) is 5.88. The van der Waals surface area contributed by atoms with Gasteiger partial charge in [0, 0.05) is 0 Å². The third-order valence-electron chi connectivity index (χ3n) is 3.00. The molecule has 1 fully saturated rings. The van der Waals surface area contributed by atoms with E-state index in [9.17, 15) is 28.4 Å². The van der Waals surface area contributed by atoms with E-state index in [4.69, 9.17) is 9.79 Å². The van der Waals surface area contributed by atoms with Crippen molar-refractivity contribution in [3.05, 3.63) is 27.1 Å². The molecule has 1 aromatic rings. The van der Waals surface area contributed by atoms with E-state index in [0.717, 1.165) is 0 Å². The van der Waals surface area contributed by atoms with Crippen LogP contribution >= 0.6 is 20.0 Å². The third kappa shape index (κ3) is 3.72. The van der Waals surface area contributed by atoms with Gasteiger partial charge in [0.05, 0.1) is 6.20 Å². The normalized spacial score (nSPS) is 31.5. The third-order valence-corrected chi connectivity index (χ3v) is 3.76. The van der Waals surface area contributed by atoms with Gasteiger partial charge >= 0.3 is 13.5 Å². The fourth-order valence-corrected chi connectivity index (χ4v) is 2.40. The molecule has 0 spiro atoms. The van der Waals surface area contributed by atoms with E-state index in [1.54, 1.807) is 0 Å². The largest absolute Gasteiger partial charge is 0.469 e. The van der Waals surface area contributed by atoms with Gasteiger partial charge in [-0.15, -0.1) is 0 Å². The highest BCUT2D eigenvalue weighted by atomic mass is 32.1. The molecule has 23 heavy (non-hydrogen) atoms. The number of nitrogens with zero attached hydrogens (tertiary/aromatic N) is 1. The Morgan fingerprint density at radius 3 is 2.70 bits per heavy atom. The van der Waals surface area contributed by atoms with Crippen LogP contribution in [0.15, 0.2) is 11.0 Å². The average molecular weight is 376 g/mol. The number of H-pyrrole nitrogens is 1. The lowest BCUT2D eigenvalue weighted by atomic mass is 10.1. The zero-order valence-electron chi connectivity index (χ0n) is 11.0. The number of nitrogens with one attached hydrogen (secondary N) is 1. The molecule has 4 atom stereocenters. The summed E-state index contributed by atoms with van der Waals surface area (Å²) in [5.41, 5.74) is -1.06. The topological polar surface area (TPSA) is 154 Å². The van der Waals surface area contributed by atoms with Crippen LogP contribution in [0.3, 0.4) is 0 Å². The summed E-state index contributed by atoms with van der Waals surface area (Å²) in [6.07, 6.45) is -5.74. The molecule has 0 bridgehead atoms. The minimum atomic E-state index is -5.08. The van der Waals surface area contributed by atoms with Crippen LogP contribution in [0.5, 0.6) is 0 Å². The molecule has 14 heteroatoms. The fourth-order valence-electron chi connectivity index (χ4n) is 1.91. The van der Waals surface area contributed by atoms with E-state index in [2.05, 4.69) is 21.5 Å². The van der Waals surface area contributed by atoms with Crippen LogP contribution in [0.4, 0.5) is 8.78 Å². The van der Waals surface area contributed by atoms with E-state index in [-0.39, 0.29) is 0 Å². The SMILES string of the molecule is O=c1[nH]c(=S)c(F)cn1[C@@H]1O[C@](F)(COP(=O)(O)O)[C@@H](O)[C@H]1O. The molecule has 0 radical (unpaired) electrons. The van der Waals surface area contributed by atoms with Crippen molar-refractivity contribution in [1.82, 2.24) is 9.55 Å². The molecule has 5 N–H and O–H groups in total. The van der Waals surface area contributed by atoms with Gasteiger partial charge in [0.25, 0.3) is 5.85 Å². The van der Waals surface area contributed by atoms with Gasteiger partial charge in [0.1, 0.15) is 23.5 Å². The monoisotopic (exact) mass is 376 g/mol. The Labute approximate surface area is 131 Å². The van der Waals surface area contributed by atoms with E-state index in [1.165, 1.54) is 0 Å². The molecule has 130 valence electrons. The Kier molecular flexibility index (Phi) is 4.86. The summed E-state index contributed by atoms with van der Waals surface area (Å²) in [5, 5.41) is 19.4. The quantitative estimate of drug-likeness (QED) is 0.331. The number of aliphatic hydroxyl groups excluding tert-OH is 2. The van der Waals surface area contributed by atoms with Crippen molar-refractivity contribution in [3.8, 4) is 0 Å². The molecule has 1 aliphatic rings. The van der Waals surface area contributed by atoms with Crippen LogP contribution in [0.2, 0.25) is 0 Å². The first kappa shape index (κ1) is 18.3. The number of hydrogen-bond donors (Lipinski definition) is 5. The first-order valence-corrected chi connectivity index (χ1v) is 7.82. The van der Waals surface area contributed by atoms with Crippen molar-refractivity contribution in [2.24, 2.45) is 0 Å². The number of ether oxygens (including phenoxy) is 1.